The van der Waals surface area contributed by atoms with Crippen LogP contribution in [0.3, 0.4) is 0 Å². The first-order valence-corrected chi connectivity index (χ1v) is 6.31. The number of aromatic nitrogens is 2. The summed E-state index contributed by atoms with van der Waals surface area (Å²) in [5, 5.41) is 14.3. The molecule has 0 spiro atoms. The molecule has 1 aliphatic rings. The molecule has 0 bridgehead atoms. The van der Waals surface area contributed by atoms with Crippen LogP contribution in [-0.2, 0) is 6.54 Å². The van der Waals surface area contributed by atoms with E-state index in [4.69, 9.17) is 0 Å². The van der Waals surface area contributed by atoms with E-state index in [2.05, 4.69) is 16.7 Å². The van der Waals surface area contributed by atoms with Crippen LogP contribution in [0.2, 0.25) is 0 Å². The number of nitrogens with zero attached hydrogens (tertiary/aromatic N) is 2. The fraction of sp³-hybridized carbons (Fsp3) is 0.769. The first-order valence-electron chi connectivity index (χ1n) is 6.31. The Bertz CT molecular complexity index is 362. The lowest BCUT2D eigenvalue weighted by molar-refractivity contribution is 0.197. The number of aliphatic hydroxyl groups excluding tert-OH is 1. The minimum atomic E-state index is -0.405. The van der Waals surface area contributed by atoms with Gasteiger partial charge < -0.3 is 5.11 Å². The highest BCUT2D eigenvalue weighted by molar-refractivity contribution is 5.26. The molecule has 0 aromatic carbocycles. The van der Waals surface area contributed by atoms with E-state index >= 15 is 0 Å². The Morgan fingerprint density at radius 2 is 2.00 bits per heavy atom. The van der Waals surface area contributed by atoms with Gasteiger partial charge in [0.05, 0.1) is 11.8 Å². The van der Waals surface area contributed by atoms with Crippen LogP contribution in [-0.4, -0.2) is 14.9 Å². The number of aryl methyl sites for hydroxylation is 1. The first-order chi connectivity index (χ1) is 7.59. The van der Waals surface area contributed by atoms with Crippen molar-refractivity contribution >= 4 is 0 Å². The topological polar surface area (TPSA) is 38.0 Å². The minimum Gasteiger partial charge on any atom is -0.389 e. The molecular weight excluding hydrogens is 200 g/mol. The van der Waals surface area contributed by atoms with Crippen molar-refractivity contribution in [3.63, 3.8) is 0 Å². The van der Waals surface area contributed by atoms with Crippen molar-refractivity contribution in [2.45, 2.75) is 59.1 Å². The van der Waals surface area contributed by atoms with Gasteiger partial charge in [0.15, 0.2) is 0 Å². The van der Waals surface area contributed by atoms with Crippen molar-refractivity contribution in [1.29, 1.82) is 0 Å². The molecule has 1 saturated carbocycles. The van der Waals surface area contributed by atoms with Crippen molar-refractivity contribution in [3.05, 3.63) is 17.0 Å². The van der Waals surface area contributed by atoms with Crippen molar-refractivity contribution in [1.82, 2.24) is 9.78 Å². The van der Waals surface area contributed by atoms with Gasteiger partial charge in [0.25, 0.3) is 0 Å². The van der Waals surface area contributed by atoms with Gasteiger partial charge in [0.2, 0.25) is 0 Å². The number of aliphatic hydroxyl groups is 1. The molecule has 3 heteroatoms. The lowest BCUT2D eigenvalue weighted by atomic mass is 10.1. The zero-order chi connectivity index (χ0) is 11.7. The summed E-state index contributed by atoms with van der Waals surface area (Å²) >= 11 is 0. The smallest absolute Gasteiger partial charge is 0.0797 e. The van der Waals surface area contributed by atoms with Crippen LogP contribution in [0.5, 0.6) is 0 Å². The van der Waals surface area contributed by atoms with E-state index in [1.54, 1.807) is 0 Å². The van der Waals surface area contributed by atoms with Crippen molar-refractivity contribution in [2.24, 2.45) is 5.92 Å². The Hall–Kier alpha value is -0.830. The van der Waals surface area contributed by atoms with Gasteiger partial charge in [-0.15, -0.1) is 0 Å². The lowest BCUT2D eigenvalue weighted by Gasteiger charge is -2.11. The SMILES string of the molecule is Cc1nn(CC2CCCC2)c(C)c1C(C)O. The molecule has 16 heavy (non-hydrogen) atoms. The summed E-state index contributed by atoms with van der Waals surface area (Å²) in [4.78, 5) is 0. The predicted molar refractivity (Wildman–Crippen MR) is 64.3 cm³/mol. The number of hydrogen-bond acceptors (Lipinski definition) is 2. The third-order valence-corrected chi connectivity index (χ3v) is 3.76. The highest BCUT2D eigenvalue weighted by Gasteiger charge is 2.20. The molecule has 0 saturated heterocycles. The monoisotopic (exact) mass is 222 g/mol. The Morgan fingerprint density at radius 1 is 1.38 bits per heavy atom. The molecule has 90 valence electrons. The van der Waals surface area contributed by atoms with E-state index in [1.165, 1.54) is 25.7 Å². The summed E-state index contributed by atoms with van der Waals surface area (Å²) in [6, 6.07) is 0. The second-order valence-electron chi connectivity index (χ2n) is 5.09. The maximum atomic E-state index is 9.71. The quantitative estimate of drug-likeness (QED) is 0.854. The van der Waals surface area contributed by atoms with Gasteiger partial charge >= 0.3 is 0 Å². The van der Waals surface area contributed by atoms with E-state index < -0.39 is 6.10 Å². The maximum absolute atomic E-state index is 9.71. The molecule has 2 rings (SSSR count). The van der Waals surface area contributed by atoms with Gasteiger partial charge in [-0.1, -0.05) is 12.8 Å². The zero-order valence-corrected chi connectivity index (χ0v) is 10.5. The second kappa shape index (κ2) is 4.58. The Morgan fingerprint density at radius 3 is 2.50 bits per heavy atom. The first kappa shape index (κ1) is 11.6. The molecule has 1 fully saturated rings. The Kier molecular flexibility index (Phi) is 3.33. The van der Waals surface area contributed by atoms with E-state index in [0.717, 1.165) is 29.4 Å². The van der Waals surface area contributed by atoms with Crippen molar-refractivity contribution < 1.29 is 5.11 Å². The zero-order valence-electron chi connectivity index (χ0n) is 10.5. The second-order valence-corrected chi connectivity index (χ2v) is 5.09. The van der Waals surface area contributed by atoms with Crippen molar-refractivity contribution in [3.8, 4) is 0 Å². The van der Waals surface area contributed by atoms with Crippen LogP contribution in [0.25, 0.3) is 0 Å². The Labute approximate surface area is 97.5 Å². The molecule has 0 aliphatic heterocycles. The van der Waals surface area contributed by atoms with E-state index in [1.807, 2.05) is 13.8 Å². The molecule has 1 heterocycles. The molecular formula is C13H22N2O. The van der Waals surface area contributed by atoms with E-state index in [-0.39, 0.29) is 0 Å². The molecule has 0 amide bonds. The highest BCUT2D eigenvalue weighted by atomic mass is 16.3. The van der Waals surface area contributed by atoms with Crippen molar-refractivity contribution in [2.75, 3.05) is 0 Å². The van der Waals surface area contributed by atoms with Crippen LogP contribution in [0.4, 0.5) is 0 Å². The molecule has 1 aliphatic carbocycles. The molecule has 1 unspecified atom stereocenters. The van der Waals surface area contributed by atoms with Gasteiger partial charge in [-0.2, -0.15) is 5.10 Å². The summed E-state index contributed by atoms with van der Waals surface area (Å²) in [5.74, 6) is 0.792. The average molecular weight is 222 g/mol. The summed E-state index contributed by atoms with van der Waals surface area (Å²) in [7, 11) is 0. The molecule has 0 radical (unpaired) electrons. The summed E-state index contributed by atoms with van der Waals surface area (Å²) in [5.41, 5.74) is 3.13. The number of hydrogen-bond donors (Lipinski definition) is 1. The minimum absolute atomic E-state index is 0.405. The molecule has 1 N–H and O–H groups in total. The fourth-order valence-corrected chi connectivity index (χ4v) is 2.93. The third-order valence-electron chi connectivity index (χ3n) is 3.76. The van der Waals surface area contributed by atoms with Gasteiger partial charge in [0, 0.05) is 17.8 Å². The van der Waals surface area contributed by atoms with Gasteiger partial charge in [-0.05, 0) is 39.5 Å². The summed E-state index contributed by atoms with van der Waals surface area (Å²) < 4.78 is 2.09. The molecule has 3 nitrogen and oxygen atoms in total. The van der Waals surface area contributed by atoms with Crippen LogP contribution in [0, 0.1) is 19.8 Å². The third kappa shape index (κ3) is 2.14. The fourth-order valence-electron chi connectivity index (χ4n) is 2.93. The summed E-state index contributed by atoms with van der Waals surface area (Å²) in [6.45, 7) is 6.90. The van der Waals surface area contributed by atoms with Crippen LogP contribution < -0.4 is 0 Å². The van der Waals surface area contributed by atoms with Gasteiger partial charge in [-0.25, -0.2) is 0 Å². The standard InChI is InChI=1S/C13H22N2O/c1-9-13(11(3)16)10(2)15(14-9)8-12-6-4-5-7-12/h11-12,16H,4-8H2,1-3H3. The van der Waals surface area contributed by atoms with Gasteiger partial charge in [-0.3, -0.25) is 4.68 Å². The highest BCUT2D eigenvalue weighted by Crippen LogP contribution is 2.28. The lowest BCUT2D eigenvalue weighted by Crippen LogP contribution is -2.10. The Balaban J connectivity index is 2.18. The van der Waals surface area contributed by atoms with Crippen LogP contribution in [0.15, 0.2) is 0 Å². The molecule has 1 aromatic rings. The largest absolute Gasteiger partial charge is 0.389 e. The van der Waals surface area contributed by atoms with E-state index in [9.17, 15) is 5.11 Å². The summed E-state index contributed by atoms with van der Waals surface area (Å²) in [6.07, 6.45) is 5.00. The average Bonchev–Trinajstić information content (AvgIpc) is 2.76. The number of rotatable bonds is 3. The van der Waals surface area contributed by atoms with Crippen LogP contribution >= 0.6 is 0 Å². The predicted octanol–water partition coefficient (Wildman–Crippen LogP) is 2.74. The van der Waals surface area contributed by atoms with Gasteiger partial charge in [0.1, 0.15) is 0 Å². The molecule has 1 atom stereocenters. The van der Waals surface area contributed by atoms with Crippen LogP contribution in [0.1, 0.15) is 55.7 Å². The normalized spacial score (nSPS) is 19.2. The maximum Gasteiger partial charge on any atom is 0.0797 e. The van der Waals surface area contributed by atoms with E-state index in [0.29, 0.717) is 0 Å². The molecule has 1 aromatic heterocycles.